The zero-order valence-electron chi connectivity index (χ0n) is 13.1. The highest BCUT2D eigenvalue weighted by Crippen LogP contribution is 2.24. The lowest BCUT2D eigenvalue weighted by Gasteiger charge is -2.10. The summed E-state index contributed by atoms with van der Waals surface area (Å²) in [5.74, 6) is 0.965. The van der Waals surface area contributed by atoms with Crippen LogP contribution in [-0.4, -0.2) is 40.3 Å². The van der Waals surface area contributed by atoms with E-state index in [1.807, 2.05) is 0 Å². The van der Waals surface area contributed by atoms with Crippen molar-refractivity contribution < 1.29 is 14.3 Å². The SMILES string of the molecule is COc1ccc(NC(=O)c2ccc(-n3cnnn3)c(OC)c2)cc1. The number of hydrogen-bond acceptors (Lipinski definition) is 6. The van der Waals surface area contributed by atoms with Crippen LogP contribution in [0.3, 0.4) is 0 Å². The number of nitrogens with zero attached hydrogens (tertiary/aromatic N) is 4. The molecule has 0 atom stereocenters. The van der Waals surface area contributed by atoms with Crippen molar-refractivity contribution in [3.8, 4) is 17.2 Å². The maximum absolute atomic E-state index is 12.4. The number of carbonyl (C=O) groups excluding carboxylic acids is 1. The molecular weight excluding hydrogens is 310 g/mol. The lowest BCUT2D eigenvalue weighted by atomic mass is 10.1. The quantitative estimate of drug-likeness (QED) is 0.771. The minimum absolute atomic E-state index is 0.248. The van der Waals surface area contributed by atoms with E-state index in [1.54, 1.807) is 49.6 Å². The fraction of sp³-hybridized carbons (Fsp3) is 0.125. The number of ether oxygens (including phenoxy) is 2. The highest BCUT2D eigenvalue weighted by molar-refractivity contribution is 6.04. The predicted molar refractivity (Wildman–Crippen MR) is 86.7 cm³/mol. The Morgan fingerprint density at radius 3 is 2.50 bits per heavy atom. The van der Waals surface area contributed by atoms with Crippen molar-refractivity contribution in [1.29, 1.82) is 0 Å². The maximum atomic E-state index is 12.4. The van der Waals surface area contributed by atoms with Gasteiger partial charge in [-0.25, -0.2) is 0 Å². The van der Waals surface area contributed by atoms with Crippen LogP contribution in [0.1, 0.15) is 10.4 Å². The van der Waals surface area contributed by atoms with E-state index in [9.17, 15) is 4.79 Å². The molecule has 122 valence electrons. The summed E-state index contributed by atoms with van der Waals surface area (Å²) >= 11 is 0. The van der Waals surface area contributed by atoms with Crippen LogP contribution in [0.2, 0.25) is 0 Å². The van der Waals surface area contributed by atoms with Gasteiger partial charge in [-0.2, -0.15) is 4.68 Å². The number of amides is 1. The molecule has 0 aliphatic rings. The monoisotopic (exact) mass is 325 g/mol. The molecule has 0 unspecified atom stereocenters. The molecule has 1 aromatic heterocycles. The van der Waals surface area contributed by atoms with Gasteiger partial charge in [0.1, 0.15) is 23.5 Å². The zero-order valence-corrected chi connectivity index (χ0v) is 13.1. The minimum atomic E-state index is -0.248. The topological polar surface area (TPSA) is 91.2 Å². The Balaban J connectivity index is 1.82. The Kier molecular flexibility index (Phi) is 4.37. The summed E-state index contributed by atoms with van der Waals surface area (Å²) in [6, 6.07) is 12.1. The van der Waals surface area contributed by atoms with Crippen LogP contribution in [0.15, 0.2) is 48.8 Å². The fourth-order valence-corrected chi connectivity index (χ4v) is 2.16. The van der Waals surface area contributed by atoms with Crippen LogP contribution < -0.4 is 14.8 Å². The van der Waals surface area contributed by atoms with Crippen molar-refractivity contribution in [2.75, 3.05) is 19.5 Å². The molecular formula is C16H15N5O3. The standard InChI is InChI=1S/C16H15N5O3/c1-23-13-6-4-12(5-7-13)18-16(22)11-3-8-14(15(9-11)24-2)21-10-17-19-20-21/h3-10H,1-2H3,(H,18,22). The first kappa shape index (κ1) is 15.5. The highest BCUT2D eigenvalue weighted by atomic mass is 16.5. The van der Waals surface area contributed by atoms with Crippen molar-refractivity contribution in [3.63, 3.8) is 0 Å². The first-order chi connectivity index (χ1) is 11.7. The third kappa shape index (κ3) is 3.17. The molecule has 1 heterocycles. The van der Waals surface area contributed by atoms with E-state index in [1.165, 1.54) is 18.1 Å². The smallest absolute Gasteiger partial charge is 0.255 e. The fourth-order valence-electron chi connectivity index (χ4n) is 2.16. The number of hydrogen-bond donors (Lipinski definition) is 1. The van der Waals surface area contributed by atoms with Crippen molar-refractivity contribution in [3.05, 3.63) is 54.4 Å². The van der Waals surface area contributed by atoms with Gasteiger partial charge in [0, 0.05) is 11.3 Å². The molecule has 2 aromatic carbocycles. The van der Waals surface area contributed by atoms with Gasteiger partial charge in [-0.1, -0.05) is 0 Å². The summed E-state index contributed by atoms with van der Waals surface area (Å²) in [7, 11) is 3.11. The summed E-state index contributed by atoms with van der Waals surface area (Å²) in [6.45, 7) is 0. The van der Waals surface area contributed by atoms with Crippen LogP contribution >= 0.6 is 0 Å². The van der Waals surface area contributed by atoms with E-state index in [0.717, 1.165) is 5.75 Å². The molecule has 1 amide bonds. The Morgan fingerprint density at radius 2 is 1.88 bits per heavy atom. The number of tetrazole rings is 1. The van der Waals surface area contributed by atoms with Gasteiger partial charge >= 0.3 is 0 Å². The molecule has 3 aromatic rings. The molecule has 8 nitrogen and oxygen atoms in total. The summed E-state index contributed by atoms with van der Waals surface area (Å²) in [4.78, 5) is 12.4. The maximum Gasteiger partial charge on any atom is 0.255 e. The normalized spacial score (nSPS) is 10.2. The molecule has 0 fully saturated rings. The summed E-state index contributed by atoms with van der Waals surface area (Å²) < 4.78 is 11.9. The second-order valence-corrected chi connectivity index (χ2v) is 4.82. The Morgan fingerprint density at radius 1 is 1.08 bits per heavy atom. The summed E-state index contributed by atoms with van der Waals surface area (Å²) in [5, 5.41) is 13.8. The molecule has 0 spiro atoms. The van der Waals surface area contributed by atoms with E-state index in [2.05, 4.69) is 20.8 Å². The second-order valence-electron chi connectivity index (χ2n) is 4.82. The molecule has 0 saturated heterocycles. The van der Waals surface area contributed by atoms with Gasteiger partial charge in [0.2, 0.25) is 0 Å². The number of methoxy groups -OCH3 is 2. The van der Waals surface area contributed by atoms with Crippen LogP contribution in [0.25, 0.3) is 5.69 Å². The molecule has 0 aliphatic heterocycles. The van der Waals surface area contributed by atoms with E-state index in [-0.39, 0.29) is 5.91 Å². The predicted octanol–water partition coefficient (Wildman–Crippen LogP) is 1.93. The Labute approximate surface area is 138 Å². The van der Waals surface area contributed by atoms with Crippen molar-refractivity contribution >= 4 is 11.6 Å². The highest BCUT2D eigenvalue weighted by Gasteiger charge is 2.12. The van der Waals surface area contributed by atoms with Crippen LogP contribution in [0, 0.1) is 0 Å². The Hall–Kier alpha value is -3.42. The van der Waals surface area contributed by atoms with Gasteiger partial charge in [-0.3, -0.25) is 4.79 Å². The van der Waals surface area contributed by atoms with Gasteiger partial charge in [0.15, 0.2) is 0 Å². The molecule has 24 heavy (non-hydrogen) atoms. The van der Waals surface area contributed by atoms with E-state index < -0.39 is 0 Å². The first-order valence-electron chi connectivity index (χ1n) is 7.08. The number of aromatic nitrogens is 4. The van der Waals surface area contributed by atoms with E-state index in [4.69, 9.17) is 9.47 Å². The van der Waals surface area contributed by atoms with Crippen LogP contribution in [0.4, 0.5) is 5.69 Å². The third-order valence-electron chi connectivity index (χ3n) is 3.39. The number of anilines is 1. The number of rotatable bonds is 5. The van der Waals surface area contributed by atoms with Crippen molar-refractivity contribution in [2.45, 2.75) is 0 Å². The zero-order chi connectivity index (χ0) is 16.9. The largest absolute Gasteiger partial charge is 0.497 e. The third-order valence-corrected chi connectivity index (χ3v) is 3.39. The molecule has 3 rings (SSSR count). The number of nitrogens with one attached hydrogen (secondary N) is 1. The molecule has 0 saturated carbocycles. The second kappa shape index (κ2) is 6.78. The van der Waals surface area contributed by atoms with E-state index >= 15 is 0 Å². The molecule has 1 N–H and O–H groups in total. The average Bonchev–Trinajstić information content (AvgIpc) is 3.16. The van der Waals surface area contributed by atoms with E-state index in [0.29, 0.717) is 22.7 Å². The minimum Gasteiger partial charge on any atom is -0.497 e. The van der Waals surface area contributed by atoms with Crippen LogP contribution in [-0.2, 0) is 0 Å². The van der Waals surface area contributed by atoms with Gasteiger partial charge in [0.25, 0.3) is 5.91 Å². The van der Waals surface area contributed by atoms with Gasteiger partial charge in [-0.15, -0.1) is 5.10 Å². The summed E-state index contributed by atoms with van der Waals surface area (Å²) in [5.41, 5.74) is 1.77. The average molecular weight is 325 g/mol. The lowest BCUT2D eigenvalue weighted by molar-refractivity contribution is 0.102. The van der Waals surface area contributed by atoms with Crippen LogP contribution in [0.5, 0.6) is 11.5 Å². The van der Waals surface area contributed by atoms with Gasteiger partial charge in [0.05, 0.1) is 14.2 Å². The van der Waals surface area contributed by atoms with Crippen molar-refractivity contribution in [1.82, 2.24) is 20.2 Å². The molecule has 0 aliphatic carbocycles. The first-order valence-corrected chi connectivity index (χ1v) is 7.08. The lowest BCUT2D eigenvalue weighted by Crippen LogP contribution is -2.12. The summed E-state index contributed by atoms with van der Waals surface area (Å²) in [6.07, 6.45) is 1.45. The van der Waals surface area contributed by atoms with Gasteiger partial charge < -0.3 is 14.8 Å². The number of benzene rings is 2. The Bertz CT molecular complexity index is 831. The number of carbonyl (C=O) groups is 1. The molecule has 8 heteroatoms. The molecule has 0 bridgehead atoms. The van der Waals surface area contributed by atoms with Crippen molar-refractivity contribution in [2.24, 2.45) is 0 Å². The molecule has 0 radical (unpaired) electrons. The van der Waals surface area contributed by atoms with Gasteiger partial charge in [-0.05, 0) is 52.9 Å².